The van der Waals surface area contributed by atoms with E-state index in [0.29, 0.717) is 12.3 Å². The third-order valence-corrected chi connectivity index (χ3v) is 2.61. The van der Waals surface area contributed by atoms with E-state index in [-0.39, 0.29) is 18.1 Å². The molecule has 3 nitrogen and oxygen atoms in total. The molecule has 0 aromatic rings. The summed E-state index contributed by atoms with van der Waals surface area (Å²) in [6.45, 7) is 2.66. The summed E-state index contributed by atoms with van der Waals surface area (Å²) in [4.78, 5) is 22.5. The van der Waals surface area contributed by atoms with Gasteiger partial charge in [-0.3, -0.25) is 9.59 Å². The van der Waals surface area contributed by atoms with Crippen LogP contribution in [0.1, 0.15) is 51.9 Å². The van der Waals surface area contributed by atoms with E-state index in [2.05, 4.69) is 36.7 Å². The number of hydrogen-bond acceptors (Lipinski definition) is 3. The fourth-order valence-electron chi connectivity index (χ4n) is 1.43. The molecule has 0 saturated heterocycles. The lowest BCUT2D eigenvalue weighted by molar-refractivity contribution is -0.125. The van der Waals surface area contributed by atoms with Crippen LogP contribution in [0, 0.1) is 11.8 Å². The molecule has 0 aliphatic rings. The quantitative estimate of drug-likeness (QED) is 0.222. The number of amides is 1. The lowest BCUT2D eigenvalue weighted by Gasteiger charge is -1.98. The number of unbranched alkanes of at least 4 members (excludes halogenated alkanes) is 5. The van der Waals surface area contributed by atoms with Gasteiger partial charge in [0.15, 0.2) is 0 Å². The number of thiol groups is 1. The zero-order chi connectivity index (χ0) is 13.6. The largest absolute Gasteiger partial charge is 0.355 e. The van der Waals surface area contributed by atoms with Gasteiger partial charge in [0.25, 0.3) is 0 Å². The first-order chi connectivity index (χ1) is 8.70. The number of nitrogens with one attached hydrogen (secondary N) is 1. The van der Waals surface area contributed by atoms with E-state index < -0.39 is 0 Å². The van der Waals surface area contributed by atoms with Crippen LogP contribution in [0.15, 0.2) is 0 Å². The summed E-state index contributed by atoms with van der Waals surface area (Å²) in [5, 5.41) is 2.58. The van der Waals surface area contributed by atoms with Crippen molar-refractivity contribution < 1.29 is 9.59 Å². The molecule has 0 aromatic heterocycles. The SMILES string of the molecule is CCCCCCCC#CC(=O)CC(=O)NCCS. The van der Waals surface area contributed by atoms with E-state index in [1.165, 1.54) is 25.7 Å². The van der Waals surface area contributed by atoms with E-state index >= 15 is 0 Å². The van der Waals surface area contributed by atoms with Gasteiger partial charge in [-0.15, -0.1) is 0 Å². The highest BCUT2D eigenvalue weighted by Crippen LogP contribution is 2.03. The zero-order valence-corrected chi connectivity index (χ0v) is 12.0. The van der Waals surface area contributed by atoms with E-state index in [4.69, 9.17) is 0 Å². The van der Waals surface area contributed by atoms with Gasteiger partial charge in [-0.25, -0.2) is 0 Å². The zero-order valence-electron chi connectivity index (χ0n) is 11.1. The standard InChI is InChI=1S/C14H23NO2S/c1-2-3-4-5-6-7-8-9-13(16)12-14(17)15-10-11-18/h18H,2-7,10-12H2,1H3,(H,15,17). The Bertz CT molecular complexity index is 305. The maximum absolute atomic E-state index is 11.3. The topological polar surface area (TPSA) is 46.2 Å². The molecule has 0 fully saturated rings. The summed E-state index contributed by atoms with van der Waals surface area (Å²) in [6, 6.07) is 0. The first kappa shape index (κ1) is 17.1. The average molecular weight is 269 g/mol. The van der Waals surface area contributed by atoms with Crippen molar-refractivity contribution in [3.8, 4) is 11.8 Å². The number of ketones is 1. The van der Waals surface area contributed by atoms with Crippen LogP contribution in [0.25, 0.3) is 0 Å². The van der Waals surface area contributed by atoms with Crippen molar-refractivity contribution in [3.05, 3.63) is 0 Å². The maximum atomic E-state index is 11.3. The highest BCUT2D eigenvalue weighted by atomic mass is 32.1. The van der Waals surface area contributed by atoms with Crippen LogP contribution in [0.5, 0.6) is 0 Å². The van der Waals surface area contributed by atoms with Crippen molar-refractivity contribution in [2.24, 2.45) is 0 Å². The molecule has 0 rings (SSSR count). The van der Waals surface area contributed by atoms with Gasteiger partial charge in [0, 0.05) is 18.7 Å². The summed E-state index contributed by atoms with van der Waals surface area (Å²) in [5.74, 6) is 5.34. The Morgan fingerprint density at radius 2 is 1.89 bits per heavy atom. The molecule has 1 amide bonds. The molecule has 0 aliphatic heterocycles. The lowest BCUT2D eigenvalue weighted by atomic mass is 10.1. The highest BCUT2D eigenvalue weighted by Gasteiger charge is 2.05. The van der Waals surface area contributed by atoms with E-state index in [1.807, 2.05) is 0 Å². The van der Waals surface area contributed by atoms with Gasteiger partial charge in [-0.1, -0.05) is 38.5 Å². The molecule has 0 bridgehead atoms. The molecular formula is C14H23NO2S. The van der Waals surface area contributed by atoms with Crippen molar-refractivity contribution in [1.82, 2.24) is 5.32 Å². The minimum atomic E-state index is -0.305. The fourth-order valence-corrected chi connectivity index (χ4v) is 1.54. The van der Waals surface area contributed by atoms with Crippen LogP contribution < -0.4 is 5.32 Å². The average Bonchev–Trinajstić information content (AvgIpc) is 2.35. The smallest absolute Gasteiger partial charge is 0.228 e. The van der Waals surface area contributed by atoms with Gasteiger partial charge in [0.1, 0.15) is 0 Å². The molecule has 0 aliphatic carbocycles. The fraction of sp³-hybridized carbons (Fsp3) is 0.714. The molecule has 0 radical (unpaired) electrons. The molecule has 0 spiro atoms. The normalized spacial score (nSPS) is 9.44. The van der Waals surface area contributed by atoms with Crippen molar-refractivity contribution in [2.75, 3.05) is 12.3 Å². The van der Waals surface area contributed by atoms with Crippen molar-refractivity contribution in [3.63, 3.8) is 0 Å². The Morgan fingerprint density at radius 1 is 1.17 bits per heavy atom. The minimum Gasteiger partial charge on any atom is -0.355 e. The Labute approximate surface area is 116 Å². The van der Waals surface area contributed by atoms with Crippen LogP contribution in [-0.4, -0.2) is 24.0 Å². The highest BCUT2D eigenvalue weighted by molar-refractivity contribution is 7.80. The summed E-state index contributed by atoms with van der Waals surface area (Å²) >= 11 is 3.96. The first-order valence-electron chi connectivity index (χ1n) is 6.60. The summed E-state index contributed by atoms with van der Waals surface area (Å²) in [6.07, 6.45) is 6.52. The second kappa shape index (κ2) is 12.5. The van der Waals surface area contributed by atoms with Crippen LogP contribution >= 0.6 is 12.6 Å². The molecule has 4 heteroatoms. The van der Waals surface area contributed by atoms with Gasteiger partial charge in [0.2, 0.25) is 11.7 Å². The van der Waals surface area contributed by atoms with Gasteiger partial charge in [-0.05, 0) is 12.3 Å². The summed E-state index contributed by atoms with van der Waals surface area (Å²) < 4.78 is 0. The lowest BCUT2D eigenvalue weighted by Crippen LogP contribution is -2.27. The Balaban J connectivity index is 3.59. The third-order valence-electron chi connectivity index (χ3n) is 2.39. The van der Waals surface area contributed by atoms with Gasteiger partial charge in [-0.2, -0.15) is 12.6 Å². The molecular weight excluding hydrogens is 246 g/mol. The van der Waals surface area contributed by atoms with Crippen molar-refractivity contribution >= 4 is 24.3 Å². The summed E-state index contributed by atoms with van der Waals surface area (Å²) in [5.41, 5.74) is 0. The van der Waals surface area contributed by atoms with E-state index in [1.54, 1.807) is 0 Å². The first-order valence-corrected chi connectivity index (χ1v) is 7.23. The molecule has 0 heterocycles. The maximum Gasteiger partial charge on any atom is 0.228 e. The van der Waals surface area contributed by atoms with Crippen LogP contribution in [-0.2, 0) is 9.59 Å². The van der Waals surface area contributed by atoms with Crippen LogP contribution in [0.2, 0.25) is 0 Å². The van der Waals surface area contributed by atoms with E-state index in [9.17, 15) is 9.59 Å². The Kier molecular flexibility index (Phi) is 11.8. The Morgan fingerprint density at radius 3 is 2.56 bits per heavy atom. The molecule has 0 aromatic carbocycles. The Hall–Kier alpha value is -0.950. The predicted molar refractivity (Wildman–Crippen MR) is 77.6 cm³/mol. The minimum absolute atomic E-state index is 0.142. The monoisotopic (exact) mass is 269 g/mol. The van der Waals surface area contributed by atoms with Gasteiger partial charge < -0.3 is 5.32 Å². The van der Waals surface area contributed by atoms with Crippen LogP contribution in [0.4, 0.5) is 0 Å². The molecule has 1 N–H and O–H groups in total. The molecule has 0 unspecified atom stereocenters. The van der Waals surface area contributed by atoms with E-state index in [0.717, 1.165) is 12.8 Å². The second-order valence-corrected chi connectivity index (χ2v) is 4.59. The summed E-state index contributed by atoms with van der Waals surface area (Å²) in [7, 11) is 0. The van der Waals surface area contributed by atoms with Crippen molar-refractivity contribution in [2.45, 2.75) is 51.9 Å². The number of rotatable bonds is 9. The number of Topliss-reactive ketones (excluding diaryl/α,β-unsaturated/α-hetero) is 1. The molecule has 0 atom stereocenters. The predicted octanol–water partition coefficient (Wildman–Crippen LogP) is 2.36. The molecule has 18 heavy (non-hydrogen) atoms. The van der Waals surface area contributed by atoms with Crippen molar-refractivity contribution in [1.29, 1.82) is 0 Å². The molecule has 102 valence electrons. The van der Waals surface area contributed by atoms with Crippen LogP contribution in [0.3, 0.4) is 0 Å². The number of carbonyl (C=O) groups is 2. The molecule has 0 saturated carbocycles. The van der Waals surface area contributed by atoms with Gasteiger partial charge >= 0.3 is 0 Å². The second-order valence-electron chi connectivity index (χ2n) is 4.14. The number of hydrogen-bond donors (Lipinski definition) is 2. The van der Waals surface area contributed by atoms with Gasteiger partial charge in [0.05, 0.1) is 6.42 Å². The number of carbonyl (C=O) groups excluding carboxylic acids is 2. The third kappa shape index (κ3) is 11.5.